The van der Waals surface area contributed by atoms with Crippen LogP contribution in [0.15, 0.2) is 18.2 Å². The number of rotatable bonds is 7. The number of aliphatic hydroxyl groups excluding tert-OH is 1. The highest BCUT2D eigenvalue weighted by Crippen LogP contribution is 2.65. The van der Waals surface area contributed by atoms with Crippen LogP contribution in [-0.2, 0) is 19.1 Å². The van der Waals surface area contributed by atoms with Crippen molar-refractivity contribution in [2.45, 2.75) is 77.7 Å². The summed E-state index contributed by atoms with van der Waals surface area (Å²) in [5.41, 5.74) is 0.565. The first-order valence-electron chi connectivity index (χ1n) is 12.7. The average molecular weight is 486 g/mol. The van der Waals surface area contributed by atoms with Crippen molar-refractivity contribution in [2.75, 3.05) is 19.0 Å². The molecular formula is C27H39N3O5. The third kappa shape index (κ3) is 3.51. The van der Waals surface area contributed by atoms with Gasteiger partial charge in [0, 0.05) is 12.7 Å². The van der Waals surface area contributed by atoms with Crippen molar-refractivity contribution in [1.29, 1.82) is 0 Å². The molecule has 3 fully saturated rings. The number of nitrogens with zero attached hydrogens (tertiary/aromatic N) is 1. The number of benzene rings is 1. The molecule has 0 radical (unpaired) electrons. The number of nitrogens with one attached hydrogen (secondary N) is 2. The highest BCUT2D eigenvalue weighted by atomic mass is 16.5. The molecule has 4 rings (SSSR count). The van der Waals surface area contributed by atoms with Crippen molar-refractivity contribution in [2.24, 2.45) is 23.7 Å². The number of carbonyl (C=O) groups is 3. The highest BCUT2D eigenvalue weighted by Gasteiger charge is 2.80. The zero-order valence-corrected chi connectivity index (χ0v) is 21.8. The lowest BCUT2D eigenvalue weighted by atomic mass is 9.62. The maximum atomic E-state index is 14.1. The van der Waals surface area contributed by atoms with Gasteiger partial charge in [0.25, 0.3) is 0 Å². The lowest BCUT2D eigenvalue weighted by Crippen LogP contribution is -2.57. The summed E-state index contributed by atoms with van der Waals surface area (Å²) < 4.78 is 6.69. The van der Waals surface area contributed by atoms with Gasteiger partial charge in [-0.25, -0.2) is 0 Å². The number of carbonyl (C=O) groups excluding carboxylic acids is 3. The first-order chi connectivity index (χ1) is 16.5. The molecule has 3 saturated heterocycles. The lowest BCUT2D eigenvalue weighted by Gasteiger charge is -2.39. The monoisotopic (exact) mass is 485 g/mol. The van der Waals surface area contributed by atoms with E-state index in [1.54, 1.807) is 11.9 Å². The minimum atomic E-state index is -1.13. The smallest absolute Gasteiger partial charge is 0.250 e. The Hall–Kier alpha value is -2.45. The van der Waals surface area contributed by atoms with E-state index in [4.69, 9.17) is 4.74 Å². The number of hydrogen-bond acceptors (Lipinski definition) is 5. The Bertz CT molecular complexity index is 1020. The van der Waals surface area contributed by atoms with Gasteiger partial charge in [0.2, 0.25) is 17.7 Å². The minimum absolute atomic E-state index is 0.0273. The Morgan fingerprint density at radius 2 is 1.89 bits per heavy atom. The van der Waals surface area contributed by atoms with Crippen LogP contribution in [0.4, 0.5) is 5.69 Å². The Balaban J connectivity index is 1.86. The molecule has 3 amide bonds. The summed E-state index contributed by atoms with van der Waals surface area (Å²) in [5.74, 6) is -2.43. The van der Waals surface area contributed by atoms with Crippen molar-refractivity contribution < 1.29 is 24.2 Å². The summed E-state index contributed by atoms with van der Waals surface area (Å²) in [4.78, 5) is 42.9. The Labute approximate surface area is 207 Å². The highest BCUT2D eigenvalue weighted by molar-refractivity contribution is 6.04. The van der Waals surface area contributed by atoms with Crippen LogP contribution < -0.4 is 10.6 Å². The minimum Gasteiger partial charge on any atom is -0.394 e. The van der Waals surface area contributed by atoms with Gasteiger partial charge < -0.3 is 25.4 Å². The predicted molar refractivity (Wildman–Crippen MR) is 133 cm³/mol. The largest absolute Gasteiger partial charge is 0.394 e. The predicted octanol–water partition coefficient (Wildman–Crippen LogP) is 2.41. The third-order valence-corrected chi connectivity index (χ3v) is 9.10. The van der Waals surface area contributed by atoms with Crippen LogP contribution in [0.2, 0.25) is 0 Å². The second kappa shape index (κ2) is 8.89. The second-order valence-corrected chi connectivity index (χ2v) is 11.0. The fourth-order valence-corrected chi connectivity index (χ4v) is 6.91. The van der Waals surface area contributed by atoms with Gasteiger partial charge in [-0.2, -0.15) is 0 Å². The van der Waals surface area contributed by atoms with Crippen LogP contribution >= 0.6 is 0 Å². The standard InChI is InChI=1S/C27H39N3O5/c1-8-14(2)18(13-31)30-22(24(33)29-21-15(3)10-9-11-16(21)4)27-12-17(5)26(6,35-27)19(23(32)28-7)20(27)25(30)34/h9-11,14,17-20,22,31H,8,12-13H2,1-7H3,(H,28,32)(H,29,33)/t14-,17?,18-,19+,20-,22?,26-,27?/m0/s1. The molecular weight excluding hydrogens is 446 g/mol. The van der Waals surface area contributed by atoms with E-state index in [0.717, 1.165) is 17.5 Å². The quantitative estimate of drug-likeness (QED) is 0.550. The Morgan fingerprint density at radius 3 is 2.43 bits per heavy atom. The molecule has 0 aromatic heterocycles. The zero-order valence-electron chi connectivity index (χ0n) is 21.8. The zero-order chi connectivity index (χ0) is 25.9. The number of aliphatic hydroxyl groups is 1. The average Bonchev–Trinajstić information content (AvgIpc) is 3.33. The Kier molecular flexibility index (Phi) is 6.51. The number of aryl methyl sites for hydroxylation is 2. The van der Waals surface area contributed by atoms with Gasteiger partial charge in [-0.05, 0) is 50.2 Å². The number of hydrogen-bond donors (Lipinski definition) is 3. The molecule has 3 aliphatic heterocycles. The van der Waals surface area contributed by atoms with E-state index in [1.165, 1.54) is 0 Å². The third-order valence-electron chi connectivity index (χ3n) is 9.10. The molecule has 1 aromatic rings. The van der Waals surface area contributed by atoms with Crippen LogP contribution in [0.5, 0.6) is 0 Å². The van der Waals surface area contributed by atoms with Crippen molar-refractivity contribution in [3.8, 4) is 0 Å². The molecule has 3 aliphatic rings. The normalized spacial score (nSPS) is 35.1. The number of ether oxygens (including phenoxy) is 1. The molecule has 8 atom stereocenters. The molecule has 1 aromatic carbocycles. The molecule has 8 heteroatoms. The maximum Gasteiger partial charge on any atom is 0.250 e. The molecule has 3 heterocycles. The number of likely N-dealkylation sites (tertiary alicyclic amines) is 1. The van der Waals surface area contributed by atoms with Crippen LogP contribution in [0.25, 0.3) is 0 Å². The number of fused-ring (bicyclic) bond motifs is 1. The molecule has 192 valence electrons. The molecule has 0 aliphatic carbocycles. The van der Waals surface area contributed by atoms with Gasteiger partial charge in [-0.15, -0.1) is 0 Å². The maximum absolute atomic E-state index is 14.1. The molecule has 3 N–H and O–H groups in total. The van der Waals surface area contributed by atoms with Crippen LogP contribution in [-0.4, -0.2) is 64.7 Å². The summed E-state index contributed by atoms with van der Waals surface area (Å²) in [6, 6.07) is 4.28. The summed E-state index contributed by atoms with van der Waals surface area (Å²) in [6.07, 6.45) is 1.22. The van der Waals surface area contributed by atoms with E-state index < -0.39 is 35.1 Å². The van der Waals surface area contributed by atoms with Gasteiger partial charge in [0.05, 0.1) is 30.1 Å². The van der Waals surface area contributed by atoms with Crippen molar-refractivity contribution in [3.05, 3.63) is 29.3 Å². The van der Waals surface area contributed by atoms with E-state index in [2.05, 4.69) is 10.6 Å². The van der Waals surface area contributed by atoms with Gasteiger partial charge in [0.15, 0.2) is 0 Å². The lowest BCUT2D eigenvalue weighted by molar-refractivity contribution is -0.150. The SMILES string of the molecule is CC[C@H](C)[C@H](CO)N1C(=O)[C@@H]2[C@H](C(=O)NC)[C@@]3(C)OC2(CC3C)C1C(=O)Nc1c(C)cccc1C. The van der Waals surface area contributed by atoms with E-state index in [1.807, 2.05) is 59.7 Å². The summed E-state index contributed by atoms with van der Waals surface area (Å²) in [6.45, 7) is 11.5. The summed E-state index contributed by atoms with van der Waals surface area (Å²) in [7, 11) is 1.56. The first-order valence-corrected chi connectivity index (χ1v) is 12.7. The molecule has 2 bridgehead atoms. The van der Waals surface area contributed by atoms with E-state index >= 15 is 0 Å². The first kappa shape index (κ1) is 25.6. The fourth-order valence-electron chi connectivity index (χ4n) is 6.91. The second-order valence-electron chi connectivity index (χ2n) is 11.0. The van der Waals surface area contributed by atoms with Crippen LogP contribution in [0.1, 0.15) is 51.7 Å². The van der Waals surface area contributed by atoms with E-state index in [-0.39, 0.29) is 36.2 Å². The van der Waals surface area contributed by atoms with E-state index in [0.29, 0.717) is 12.1 Å². The molecule has 0 saturated carbocycles. The Morgan fingerprint density at radius 1 is 1.26 bits per heavy atom. The van der Waals surface area contributed by atoms with Crippen LogP contribution in [0, 0.1) is 37.5 Å². The molecule has 35 heavy (non-hydrogen) atoms. The number of anilines is 1. The topological polar surface area (TPSA) is 108 Å². The molecule has 8 nitrogen and oxygen atoms in total. The number of para-hydroxylation sites is 1. The van der Waals surface area contributed by atoms with Gasteiger partial charge >= 0.3 is 0 Å². The molecule has 3 unspecified atom stereocenters. The van der Waals surface area contributed by atoms with Crippen molar-refractivity contribution >= 4 is 23.4 Å². The van der Waals surface area contributed by atoms with Crippen molar-refractivity contribution in [1.82, 2.24) is 10.2 Å². The van der Waals surface area contributed by atoms with E-state index in [9.17, 15) is 19.5 Å². The summed E-state index contributed by atoms with van der Waals surface area (Å²) in [5, 5.41) is 16.2. The summed E-state index contributed by atoms with van der Waals surface area (Å²) >= 11 is 0. The molecule has 1 spiro atoms. The fraction of sp³-hybridized carbons (Fsp3) is 0.667. The number of amides is 3. The van der Waals surface area contributed by atoms with Crippen molar-refractivity contribution in [3.63, 3.8) is 0 Å². The van der Waals surface area contributed by atoms with Gasteiger partial charge in [-0.1, -0.05) is 45.4 Å². The van der Waals surface area contributed by atoms with Crippen LogP contribution in [0.3, 0.4) is 0 Å². The van der Waals surface area contributed by atoms with Gasteiger partial charge in [-0.3, -0.25) is 14.4 Å². The van der Waals surface area contributed by atoms with Gasteiger partial charge in [0.1, 0.15) is 11.6 Å².